The predicted octanol–water partition coefficient (Wildman–Crippen LogP) is 2.50. The highest BCUT2D eigenvalue weighted by atomic mass is 32.2. The highest BCUT2D eigenvalue weighted by molar-refractivity contribution is 7.92. The van der Waals surface area contributed by atoms with Crippen molar-refractivity contribution in [3.63, 3.8) is 0 Å². The van der Waals surface area contributed by atoms with Gasteiger partial charge in [0, 0.05) is 6.26 Å². The van der Waals surface area contributed by atoms with Gasteiger partial charge in [0.1, 0.15) is 5.25 Å². The van der Waals surface area contributed by atoms with Crippen LogP contribution in [0, 0.1) is 5.92 Å². The molecule has 0 aliphatic rings. The van der Waals surface area contributed by atoms with Gasteiger partial charge in [0.2, 0.25) is 5.91 Å². The summed E-state index contributed by atoms with van der Waals surface area (Å²) in [5.41, 5.74) is 2.23. The summed E-state index contributed by atoms with van der Waals surface area (Å²) in [5, 5.41) is 1.82. The summed E-state index contributed by atoms with van der Waals surface area (Å²) in [6, 6.07) is 7.88. The van der Waals surface area contributed by atoms with Crippen LogP contribution in [0.4, 0.5) is 0 Å². The minimum atomic E-state index is -3.38. The Morgan fingerprint density at radius 3 is 2.05 bits per heavy atom. The number of carbonyl (C=O) groups excluding carboxylic acids is 1. The van der Waals surface area contributed by atoms with E-state index < -0.39 is 21.0 Å². The second-order valence-corrected chi connectivity index (χ2v) is 8.16. The zero-order valence-electron chi connectivity index (χ0n) is 13.4. The van der Waals surface area contributed by atoms with Crippen molar-refractivity contribution in [1.82, 2.24) is 5.32 Å². The topological polar surface area (TPSA) is 63.2 Å². The Morgan fingerprint density at radius 1 is 1.14 bits per heavy atom. The SMILES string of the molecule is CCc1ccc([C@H](NC(=O)[C@@H](C)S(C)(=O)=O)C(C)C)cc1. The first-order chi connectivity index (χ1) is 9.66. The molecule has 118 valence electrons. The molecule has 0 saturated carbocycles. The van der Waals surface area contributed by atoms with Crippen LogP contribution in [0.1, 0.15) is 44.9 Å². The number of carbonyl (C=O) groups is 1. The second kappa shape index (κ2) is 7.07. The van der Waals surface area contributed by atoms with Gasteiger partial charge < -0.3 is 5.32 Å². The van der Waals surface area contributed by atoms with E-state index in [9.17, 15) is 13.2 Å². The number of amides is 1. The average Bonchev–Trinajstić information content (AvgIpc) is 2.42. The molecule has 0 spiro atoms. The highest BCUT2D eigenvalue weighted by Crippen LogP contribution is 2.22. The van der Waals surface area contributed by atoms with Gasteiger partial charge in [-0.2, -0.15) is 0 Å². The molecule has 21 heavy (non-hydrogen) atoms. The molecule has 2 atom stereocenters. The molecule has 1 rings (SSSR count). The molecular weight excluding hydrogens is 286 g/mol. The molecule has 0 unspecified atom stereocenters. The summed E-state index contributed by atoms with van der Waals surface area (Å²) in [6.07, 6.45) is 2.04. The van der Waals surface area contributed by atoms with E-state index in [1.54, 1.807) is 0 Å². The van der Waals surface area contributed by atoms with Crippen LogP contribution in [0.15, 0.2) is 24.3 Å². The number of hydrogen-bond acceptors (Lipinski definition) is 3. The molecule has 0 aromatic heterocycles. The fourth-order valence-electron chi connectivity index (χ4n) is 2.06. The van der Waals surface area contributed by atoms with Crippen LogP contribution in [0.5, 0.6) is 0 Å². The first-order valence-electron chi connectivity index (χ1n) is 7.24. The van der Waals surface area contributed by atoms with Crippen molar-refractivity contribution in [3.8, 4) is 0 Å². The lowest BCUT2D eigenvalue weighted by atomic mass is 9.94. The van der Waals surface area contributed by atoms with E-state index in [0.29, 0.717) is 0 Å². The Morgan fingerprint density at radius 2 is 1.67 bits per heavy atom. The molecular formula is C16H25NO3S. The molecule has 1 N–H and O–H groups in total. The number of aryl methyl sites for hydroxylation is 1. The number of rotatable bonds is 6. The van der Waals surface area contributed by atoms with Crippen molar-refractivity contribution in [3.05, 3.63) is 35.4 Å². The monoisotopic (exact) mass is 311 g/mol. The van der Waals surface area contributed by atoms with Crippen LogP contribution in [-0.4, -0.2) is 25.8 Å². The Labute approximate surface area is 127 Å². The van der Waals surface area contributed by atoms with Crippen LogP contribution < -0.4 is 5.32 Å². The Kier molecular flexibility index (Phi) is 5.96. The lowest BCUT2D eigenvalue weighted by Gasteiger charge is -2.24. The van der Waals surface area contributed by atoms with Crippen molar-refractivity contribution >= 4 is 15.7 Å². The van der Waals surface area contributed by atoms with E-state index in [2.05, 4.69) is 12.2 Å². The fraction of sp³-hybridized carbons (Fsp3) is 0.562. The number of nitrogens with one attached hydrogen (secondary N) is 1. The average molecular weight is 311 g/mol. The Hall–Kier alpha value is -1.36. The van der Waals surface area contributed by atoms with Gasteiger partial charge >= 0.3 is 0 Å². The van der Waals surface area contributed by atoms with Crippen LogP contribution in [0.25, 0.3) is 0 Å². The first-order valence-corrected chi connectivity index (χ1v) is 9.20. The molecule has 1 aromatic carbocycles. The Bertz CT molecular complexity index is 576. The van der Waals surface area contributed by atoms with Gasteiger partial charge in [-0.05, 0) is 30.4 Å². The summed E-state index contributed by atoms with van der Waals surface area (Å²) in [5.74, 6) is -0.274. The lowest BCUT2D eigenvalue weighted by molar-refractivity contribution is -0.121. The minimum Gasteiger partial charge on any atom is -0.348 e. The first kappa shape index (κ1) is 17.7. The molecule has 0 aliphatic heterocycles. The molecule has 1 aromatic rings. The van der Waals surface area contributed by atoms with Crippen molar-refractivity contribution < 1.29 is 13.2 Å². The molecule has 0 fully saturated rings. The van der Waals surface area contributed by atoms with Crippen molar-refractivity contribution in [2.75, 3.05) is 6.26 Å². The summed E-state index contributed by atoms with van der Waals surface area (Å²) >= 11 is 0. The molecule has 5 heteroatoms. The normalized spacial score (nSPS) is 14.8. The smallest absolute Gasteiger partial charge is 0.238 e. The minimum absolute atomic E-state index is 0.174. The largest absolute Gasteiger partial charge is 0.348 e. The molecule has 4 nitrogen and oxygen atoms in total. The third-order valence-electron chi connectivity index (χ3n) is 3.72. The van der Waals surface area contributed by atoms with Gasteiger partial charge in [0.05, 0.1) is 6.04 Å². The summed E-state index contributed by atoms with van der Waals surface area (Å²) < 4.78 is 23.0. The molecule has 0 heterocycles. The van der Waals surface area contributed by atoms with Crippen molar-refractivity contribution in [2.45, 2.75) is 45.4 Å². The van der Waals surface area contributed by atoms with Crippen molar-refractivity contribution in [1.29, 1.82) is 0 Å². The fourth-order valence-corrected chi connectivity index (χ4v) is 2.52. The molecule has 0 bridgehead atoms. The van der Waals surface area contributed by atoms with Crippen LogP contribution in [0.3, 0.4) is 0 Å². The van der Waals surface area contributed by atoms with Crippen LogP contribution in [0.2, 0.25) is 0 Å². The number of benzene rings is 1. The molecule has 1 amide bonds. The van der Waals surface area contributed by atoms with Gasteiger partial charge in [-0.1, -0.05) is 45.0 Å². The van der Waals surface area contributed by atoms with Crippen LogP contribution in [-0.2, 0) is 21.1 Å². The van der Waals surface area contributed by atoms with Gasteiger partial charge in [-0.3, -0.25) is 4.79 Å². The molecule has 0 radical (unpaired) electrons. The summed E-state index contributed by atoms with van der Waals surface area (Å²) in [7, 11) is -3.38. The molecule has 0 aliphatic carbocycles. The van der Waals surface area contributed by atoms with E-state index >= 15 is 0 Å². The highest BCUT2D eigenvalue weighted by Gasteiger charge is 2.27. The molecule has 0 saturated heterocycles. The summed E-state index contributed by atoms with van der Waals surface area (Å²) in [6.45, 7) is 7.51. The maximum absolute atomic E-state index is 12.1. The zero-order valence-corrected chi connectivity index (χ0v) is 14.2. The van der Waals surface area contributed by atoms with E-state index in [4.69, 9.17) is 0 Å². The van der Waals surface area contributed by atoms with E-state index in [-0.39, 0.29) is 12.0 Å². The van der Waals surface area contributed by atoms with Crippen molar-refractivity contribution in [2.24, 2.45) is 5.92 Å². The van der Waals surface area contributed by atoms with Gasteiger partial charge in [-0.25, -0.2) is 8.42 Å². The zero-order chi connectivity index (χ0) is 16.2. The standard InChI is InChI=1S/C16H25NO3S/c1-6-13-7-9-14(10-8-13)15(11(2)3)17-16(18)12(4)21(5,19)20/h7-12,15H,6H2,1-5H3,(H,17,18)/t12-,15-/m1/s1. The maximum atomic E-state index is 12.1. The van der Waals surface area contributed by atoms with E-state index in [1.807, 2.05) is 38.1 Å². The van der Waals surface area contributed by atoms with Gasteiger partial charge in [-0.15, -0.1) is 0 Å². The maximum Gasteiger partial charge on any atom is 0.238 e. The quantitative estimate of drug-likeness (QED) is 0.878. The predicted molar refractivity (Wildman–Crippen MR) is 85.8 cm³/mol. The van der Waals surface area contributed by atoms with Gasteiger partial charge in [0.25, 0.3) is 0 Å². The number of hydrogen-bond donors (Lipinski definition) is 1. The number of sulfone groups is 1. The van der Waals surface area contributed by atoms with Gasteiger partial charge in [0.15, 0.2) is 9.84 Å². The summed E-state index contributed by atoms with van der Waals surface area (Å²) in [4.78, 5) is 12.1. The van der Waals surface area contributed by atoms with E-state index in [0.717, 1.165) is 18.2 Å². The Balaban J connectivity index is 2.95. The lowest BCUT2D eigenvalue weighted by Crippen LogP contribution is -2.41. The van der Waals surface area contributed by atoms with E-state index in [1.165, 1.54) is 12.5 Å². The second-order valence-electron chi connectivity index (χ2n) is 5.80. The third kappa shape index (κ3) is 4.84. The third-order valence-corrected chi connectivity index (χ3v) is 5.22. The van der Waals surface area contributed by atoms with Crippen LogP contribution >= 0.6 is 0 Å².